The van der Waals surface area contributed by atoms with Crippen LogP contribution in [0.25, 0.3) is 0 Å². The number of carbonyl (C=O) groups excluding carboxylic acids is 1. The van der Waals surface area contributed by atoms with Crippen LogP contribution in [0.1, 0.15) is 6.42 Å². The van der Waals surface area contributed by atoms with Crippen LogP contribution in [0, 0.1) is 0 Å². The Morgan fingerprint density at radius 3 is 2.67 bits per heavy atom. The number of anilines is 1. The maximum atomic E-state index is 11.7. The first-order valence-corrected chi connectivity index (χ1v) is 7.20. The van der Waals surface area contributed by atoms with Crippen molar-refractivity contribution in [1.82, 2.24) is 0 Å². The number of rotatable bonds is 5. The molecule has 1 aromatic carbocycles. The van der Waals surface area contributed by atoms with Gasteiger partial charge in [-0.15, -0.1) is 12.4 Å². The van der Waals surface area contributed by atoms with Crippen LogP contribution in [0.4, 0.5) is 5.69 Å². The van der Waals surface area contributed by atoms with Gasteiger partial charge in [-0.05, 0) is 36.6 Å². The van der Waals surface area contributed by atoms with Crippen LogP contribution in [0.2, 0.25) is 10.0 Å². The molecule has 0 bridgehead atoms. The van der Waals surface area contributed by atoms with Crippen LogP contribution in [-0.2, 0) is 4.79 Å². The van der Waals surface area contributed by atoms with E-state index in [0.717, 1.165) is 5.75 Å². The largest absolute Gasteiger partial charge is 0.325 e. The molecule has 1 unspecified atom stereocenters. The van der Waals surface area contributed by atoms with Crippen molar-refractivity contribution in [2.24, 2.45) is 5.73 Å². The van der Waals surface area contributed by atoms with Gasteiger partial charge < -0.3 is 11.1 Å². The Labute approximate surface area is 127 Å². The van der Waals surface area contributed by atoms with Crippen molar-refractivity contribution in [3.05, 3.63) is 28.2 Å². The zero-order valence-electron chi connectivity index (χ0n) is 9.78. The molecule has 0 saturated heterocycles. The molecular formula is C11H15Cl3N2OS. The Kier molecular flexibility index (Phi) is 8.82. The van der Waals surface area contributed by atoms with Gasteiger partial charge in [0.2, 0.25) is 5.91 Å². The van der Waals surface area contributed by atoms with E-state index in [1.165, 1.54) is 0 Å². The monoisotopic (exact) mass is 328 g/mol. The molecule has 0 aliphatic carbocycles. The summed E-state index contributed by atoms with van der Waals surface area (Å²) in [4.78, 5) is 11.7. The van der Waals surface area contributed by atoms with Crippen LogP contribution in [0.5, 0.6) is 0 Å². The number of thioether (sulfide) groups is 1. The highest BCUT2D eigenvalue weighted by molar-refractivity contribution is 7.98. The van der Waals surface area contributed by atoms with Crippen LogP contribution in [0.15, 0.2) is 18.2 Å². The number of hydrogen-bond donors (Lipinski definition) is 2. The highest BCUT2D eigenvalue weighted by Gasteiger charge is 2.13. The number of halogens is 3. The normalized spacial score (nSPS) is 11.6. The molecule has 18 heavy (non-hydrogen) atoms. The minimum Gasteiger partial charge on any atom is -0.325 e. The summed E-state index contributed by atoms with van der Waals surface area (Å²) < 4.78 is 0. The lowest BCUT2D eigenvalue weighted by Crippen LogP contribution is -2.36. The third-order valence-corrected chi connectivity index (χ3v) is 3.54. The molecule has 7 heteroatoms. The van der Waals surface area contributed by atoms with Gasteiger partial charge in [-0.25, -0.2) is 0 Å². The highest BCUT2D eigenvalue weighted by atomic mass is 35.5. The fourth-order valence-electron chi connectivity index (χ4n) is 1.18. The molecule has 0 aromatic heterocycles. The fourth-order valence-corrected chi connectivity index (χ4v) is 1.97. The second-order valence-corrected chi connectivity index (χ2v) is 5.31. The van der Waals surface area contributed by atoms with Gasteiger partial charge in [0, 0.05) is 5.69 Å². The van der Waals surface area contributed by atoms with E-state index in [1.807, 2.05) is 6.26 Å². The highest BCUT2D eigenvalue weighted by Crippen LogP contribution is 2.25. The van der Waals surface area contributed by atoms with E-state index >= 15 is 0 Å². The average Bonchev–Trinajstić information content (AvgIpc) is 2.30. The summed E-state index contributed by atoms with van der Waals surface area (Å²) in [5, 5.41) is 3.56. The summed E-state index contributed by atoms with van der Waals surface area (Å²) in [5.41, 5.74) is 6.34. The van der Waals surface area contributed by atoms with Crippen LogP contribution in [-0.4, -0.2) is 24.0 Å². The smallest absolute Gasteiger partial charge is 0.241 e. The zero-order valence-corrected chi connectivity index (χ0v) is 12.9. The van der Waals surface area contributed by atoms with Gasteiger partial charge in [-0.1, -0.05) is 23.2 Å². The number of benzene rings is 1. The molecule has 0 aliphatic rings. The maximum absolute atomic E-state index is 11.7. The molecule has 1 aromatic rings. The zero-order chi connectivity index (χ0) is 12.8. The molecule has 0 aliphatic heterocycles. The van der Waals surface area contributed by atoms with Gasteiger partial charge in [0.1, 0.15) is 0 Å². The van der Waals surface area contributed by atoms with Gasteiger partial charge in [-0.2, -0.15) is 11.8 Å². The first kappa shape index (κ1) is 17.9. The lowest BCUT2D eigenvalue weighted by Gasteiger charge is -2.12. The van der Waals surface area contributed by atoms with Gasteiger partial charge >= 0.3 is 0 Å². The summed E-state index contributed by atoms with van der Waals surface area (Å²) in [7, 11) is 0. The fraction of sp³-hybridized carbons (Fsp3) is 0.364. The predicted octanol–water partition coefficient (Wildman–Crippen LogP) is 3.43. The third-order valence-electron chi connectivity index (χ3n) is 2.16. The number of nitrogens with two attached hydrogens (primary N) is 1. The number of amides is 1. The lowest BCUT2D eigenvalue weighted by atomic mass is 10.2. The summed E-state index contributed by atoms with van der Waals surface area (Å²) in [5.74, 6) is 0.646. The van der Waals surface area contributed by atoms with E-state index < -0.39 is 6.04 Å². The Bertz CT molecular complexity index is 404. The molecule has 0 heterocycles. The van der Waals surface area contributed by atoms with Gasteiger partial charge in [-0.3, -0.25) is 4.79 Å². The van der Waals surface area contributed by atoms with Crippen molar-refractivity contribution < 1.29 is 4.79 Å². The van der Waals surface area contributed by atoms with Crippen molar-refractivity contribution in [3.8, 4) is 0 Å². The summed E-state index contributed by atoms with van der Waals surface area (Å²) in [6.07, 6.45) is 2.62. The van der Waals surface area contributed by atoms with E-state index in [4.69, 9.17) is 28.9 Å². The molecule has 0 fully saturated rings. The van der Waals surface area contributed by atoms with E-state index in [-0.39, 0.29) is 18.3 Å². The maximum Gasteiger partial charge on any atom is 0.241 e. The van der Waals surface area contributed by atoms with Crippen molar-refractivity contribution in [2.45, 2.75) is 12.5 Å². The summed E-state index contributed by atoms with van der Waals surface area (Å²) in [6.45, 7) is 0. The quantitative estimate of drug-likeness (QED) is 0.870. The SMILES string of the molecule is CSCCC(N)C(=O)Nc1ccc(Cl)c(Cl)c1.Cl. The van der Waals surface area contributed by atoms with Crippen LogP contribution in [0.3, 0.4) is 0 Å². The molecule has 102 valence electrons. The van der Waals surface area contributed by atoms with E-state index in [9.17, 15) is 4.79 Å². The standard InChI is InChI=1S/C11H14Cl2N2OS.ClH/c1-17-5-4-10(14)11(16)15-7-2-3-8(12)9(13)6-7;/h2-3,6,10H,4-5,14H2,1H3,(H,15,16);1H. The average molecular weight is 330 g/mol. The summed E-state index contributed by atoms with van der Waals surface area (Å²) >= 11 is 13.3. The van der Waals surface area contributed by atoms with Gasteiger partial charge in [0.25, 0.3) is 0 Å². The Morgan fingerprint density at radius 1 is 1.44 bits per heavy atom. The molecule has 0 radical (unpaired) electrons. The van der Waals surface area contributed by atoms with Gasteiger partial charge in [0.05, 0.1) is 16.1 Å². The van der Waals surface area contributed by atoms with Crippen molar-refractivity contribution >= 4 is 59.0 Å². The van der Waals surface area contributed by atoms with Gasteiger partial charge in [0.15, 0.2) is 0 Å². The van der Waals surface area contributed by atoms with Crippen molar-refractivity contribution in [2.75, 3.05) is 17.3 Å². The van der Waals surface area contributed by atoms with Crippen molar-refractivity contribution in [3.63, 3.8) is 0 Å². The minimum absolute atomic E-state index is 0. The number of carbonyl (C=O) groups is 1. The molecule has 1 amide bonds. The number of hydrogen-bond acceptors (Lipinski definition) is 3. The van der Waals surface area contributed by atoms with Crippen LogP contribution >= 0.6 is 47.4 Å². The second-order valence-electron chi connectivity index (χ2n) is 3.51. The Hall–Kier alpha value is -0.130. The first-order chi connectivity index (χ1) is 8.04. The Balaban J connectivity index is 0.00000289. The molecule has 1 atom stereocenters. The van der Waals surface area contributed by atoms with Crippen molar-refractivity contribution in [1.29, 1.82) is 0 Å². The molecule has 3 N–H and O–H groups in total. The topological polar surface area (TPSA) is 55.1 Å². The van der Waals surface area contributed by atoms with E-state index in [1.54, 1.807) is 30.0 Å². The molecule has 3 nitrogen and oxygen atoms in total. The molecule has 1 rings (SSSR count). The predicted molar refractivity (Wildman–Crippen MR) is 83.3 cm³/mol. The Morgan fingerprint density at radius 2 is 2.11 bits per heavy atom. The first-order valence-electron chi connectivity index (χ1n) is 5.05. The number of nitrogens with one attached hydrogen (secondary N) is 1. The minimum atomic E-state index is -0.503. The molecule has 0 saturated carbocycles. The third kappa shape index (κ3) is 5.67. The molecule has 0 spiro atoms. The van der Waals surface area contributed by atoms with E-state index in [0.29, 0.717) is 22.2 Å². The summed E-state index contributed by atoms with van der Waals surface area (Å²) in [6, 6.07) is 4.42. The second kappa shape index (κ2) is 8.88. The lowest BCUT2D eigenvalue weighted by molar-refractivity contribution is -0.117. The van der Waals surface area contributed by atoms with E-state index in [2.05, 4.69) is 5.32 Å². The molecular weight excluding hydrogens is 315 g/mol. The van der Waals surface area contributed by atoms with Crippen LogP contribution < -0.4 is 11.1 Å².